The molecule has 3 N–H and O–H groups in total. The molecule has 1 amide bonds. The minimum Gasteiger partial charge on any atom is -0.495 e. The molecule has 0 aliphatic carbocycles. The summed E-state index contributed by atoms with van der Waals surface area (Å²) >= 11 is 0. The van der Waals surface area contributed by atoms with E-state index in [1.54, 1.807) is 0 Å². The number of hydrazine groups is 1. The lowest BCUT2D eigenvalue weighted by molar-refractivity contribution is -0.121. The summed E-state index contributed by atoms with van der Waals surface area (Å²) < 4.78 is 43.1. The molecular formula is C10H14FN3O4S. The van der Waals surface area contributed by atoms with Crippen LogP contribution in [0, 0.1) is 5.82 Å². The standard InChI is InChI=1S/C10H14FN3O4S/c1-14(6-10(15)13-12)19(16,17)9-5-7(11)3-4-8(9)18-2/h3-5H,6,12H2,1-2H3,(H,13,15). The molecule has 0 spiro atoms. The molecule has 0 atom stereocenters. The van der Waals surface area contributed by atoms with Crippen molar-refractivity contribution in [3.05, 3.63) is 24.0 Å². The molecule has 1 aromatic rings. The van der Waals surface area contributed by atoms with E-state index in [9.17, 15) is 17.6 Å². The molecule has 9 heteroatoms. The van der Waals surface area contributed by atoms with Crippen molar-refractivity contribution in [2.45, 2.75) is 4.90 Å². The molecular weight excluding hydrogens is 277 g/mol. The van der Waals surface area contributed by atoms with E-state index in [-0.39, 0.29) is 10.6 Å². The van der Waals surface area contributed by atoms with Gasteiger partial charge in [-0.25, -0.2) is 18.7 Å². The summed E-state index contributed by atoms with van der Waals surface area (Å²) in [6, 6.07) is 3.09. The van der Waals surface area contributed by atoms with Crippen LogP contribution in [-0.2, 0) is 14.8 Å². The zero-order valence-corrected chi connectivity index (χ0v) is 11.2. The largest absolute Gasteiger partial charge is 0.495 e. The fourth-order valence-corrected chi connectivity index (χ4v) is 2.64. The maximum absolute atomic E-state index is 13.2. The van der Waals surface area contributed by atoms with E-state index in [0.717, 1.165) is 16.4 Å². The van der Waals surface area contributed by atoms with Gasteiger partial charge in [0.25, 0.3) is 0 Å². The van der Waals surface area contributed by atoms with Crippen molar-refractivity contribution in [2.24, 2.45) is 5.84 Å². The predicted octanol–water partition coefficient (Wildman–Crippen LogP) is -0.555. The quantitative estimate of drug-likeness (QED) is 0.430. The van der Waals surface area contributed by atoms with Crippen molar-refractivity contribution < 1.29 is 22.3 Å². The smallest absolute Gasteiger partial charge is 0.249 e. The summed E-state index contributed by atoms with van der Waals surface area (Å²) in [5.41, 5.74) is 1.81. The number of halogens is 1. The lowest BCUT2D eigenvalue weighted by atomic mass is 10.3. The molecule has 0 fully saturated rings. The van der Waals surface area contributed by atoms with Crippen molar-refractivity contribution in [3.8, 4) is 5.75 Å². The average Bonchev–Trinajstić information content (AvgIpc) is 2.38. The lowest BCUT2D eigenvalue weighted by Gasteiger charge is -2.17. The highest BCUT2D eigenvalue weighted by atomic mass is 32.2. The molecule has 0 bridgehead atoms. The number of nitrogens with zero attached hydrogens (tertiary/aromatic N) is 1. The number of methoxy groups -OCH3 is 1. The van der Waals surface area contributed by atoms with Gasteiger partial charge in [0.15, 0.2) is 0 Å². The van der Waals surface area contributed by atoms with Crippen LogP contribution in [0.4, 0.5) is 4.39 Å². The lowest BCUT2D eigenvalue weighted by Crippen LogP contribution is -2.41. The predicted molar refractivity (Wildman–Crippen MR) is 65.1 cm³/mol. The van der Waals surface area contributed by atoms with E-state index >= 15 is 0 Å². The van der Waals surface area contributed by atoms with Crippen LogP contribution in [-0.4, -0.2) is 39.3 Å². The van der Waals surface area contributed by atoms with E-state index in [4.69, 9.17) is 10.6 Å². The van der Waals surface area contributed by atoms with Gasteiger partial charge in [0.1, 0.15) is 16.5 Å². The molecule has 106 valence electrons. The van der Waals surface area contributed by atoms with Gasteiger partial charge in [-0.05, 0) is 18.2 Å². The fourth-order valence-electron chi connectivity index (χ4n) is 1.35. The minimum atomic E-state index is -4.06. The van der Waals surface area contributed by atoms with Gasteiger partial charge in [0.05, 0.1) is 13.7 Å². The number of nitrogens with two attached hydrogens (primary N) is 1. The summed E-state index contributed by atoms with van der Waals surface area (Å²) in [5, 5.41) is 0. The van der Waals surface area contributed by atoms with Crippen molar-refractivity contribution >= 4 is 15.9 Å². The summed E-state index contributed by atoms with van der Waals surface area (Å²) in [6.07, 6.45) is 0. The third-order valence-corrected chi connectivity index (χ3v) is 4.17. The number of carbonyl (C=O) groups is 1. The first-order valence-electron chi connectivity index (χ1n) is 5.12. The van der Waals surface area contributed by atoms with Crippen molar-refractivity contribution in [1.29, 1.82) is 0 Å². The Morgan fingerprint density at radius 3 is 2.68 bits per heavy atom. The Kier molecular flexibility index (Phi) is 4.81. The molecule has 0 aromatic heterocycles. The molecule has 0 radical (unpaired) electrons. The Hall–Kier alpha value is -1.71. The van der Waals surface area contributed by atoms with Crippen LogP contribution in [0.15, 0.2) is 23.1 Å². The van der Waals surface area contributed by atoms with Gasteiger partial charge < -0.3 is 4.74 Å². The van der Waals surface area contributed by atoms with E-state index in [1.165, 1.54) is 20.2 Å². The molecule has 0 unspecified atom stereocenters. The van der Waals surface area contributed by atoms with Gasteiger partial charge in [-0.1, -0.05) is 0 Å². The second-order valence-corrected chi connectivity index (χ2v) is 5.64. The summed E-state index contributed by atoms with van der Waals surface area (Å²) in [7, 11) is -1.62. The number of sulfonamides is 1. The number of amides is 1. The molecule has 0 heterocycles. The fraction of sp³-hybridized carbons (Fsp3) is 0.300. The van der Waals surface area contributed by atoms with Gasteiger partial charge in [-0.2, -0.15) is 4.31 Å². The number of nitrogens with one attached hydrogen (secondary N) is 1. The average molecular weight is 291 g/mol. The summed E-state index contributed by atoms with van der Waals surface area (Å²) in [4.78, 5) is 10.7. The van der Waals surface area contributed by atoms with E-state index in [1.807, 2.05) is 5.43 Å². The number of carbonyl (C=O) groups excluding carboxylic acids is 1. The van der Waals surface area contributed by atoms with E-state index in [0.29, 0.717) is 0 Å². The third kappa shape index (κ3) is 3.40. The monoisotopic (exact) mass is 291 g/mol. The number of hydrogen-bond acceptors (Lipinski definition) is 5. The highest BCUT2D eigenvalue weighted by Crippen LogP contribution is 2.26. The van der Waals surface area contributed by atoms with Crippen LogP contribution < -0.4 is 16.0 Å². The maximum atomic E-state index is 13.2. The second kappa shape index (κ2) is 5.95. The Bertz CT molecular complexity index is 576. The molecule has 7 nitrogen and oxygen atoms in total. The Labute approximate surface area is 110 Å². The molecule has 0 saturated carbocycles. The minimum absolute atomic E-state index is 0.0126. The Morgan fingerprint density at radius 1 is 1.53 bits per heavy atom. The van der Waals surface area contributed by atoms with Crippen molar-refractivity contribution in [2.75, 3.05) is 20.7 Å². The Morgan fingerprint density at radius 2 is 2.16 bits per heavy atom. The zero-order chi connectivity index (χ0) is 14.6. The summed E-state index contributed by atoms with van der Waals surface area (Å²) in [6.45, 7) is -0.488. The van der Waals surface area contributed by atoms with Crippen LogP contribution in [0.2, 0.25) is 0 Å². The number of benzene rings is 1. The number of rotatable bonds is 5. The van der Waals surface area contributed by atoms with Crippen molar-refractivity contribution in [1.82, 2.24) is 9.73 Å². The highest BCUT2D eigenvalue weighted by molar-refractivity contribution is 7.89. The number of ether oxygens (including phenoxy) is 1. The van der Waals surface area contributed by atoms with Crippen LogP contribution in [0.25, 0.3) is 0 Å². The van der Waals surface area contributed by atoms with E-state index in [2.05, 4.69) is 0 Å². The third-order valence-electron chi connectivity index (χ3n) is 2.34. The normalized spacial score (nSPS) is 11.4. The first kappa shape index (κ1) is 15.3. The molecule has 19 heavy (non-hydrogen) atoms. The van der Waals surface area contributed by atoms with Gasteiger partial charge in [0.2, 0.25) is 15.9 Å². The first-order chi connectivity index (χ1) is 8.82. The van der Waals surface area contributed by atoms with Gasteiger partial charge in [0, 0.05) is 7.05 Å². The maximum Gasteiger partial charge on any atom is 0.249 e. The molecule has 0 saturated heterocycles. The first-order valence-corrected chi connectivity index (χ1v) is 6.56. The second-order valence-electron chi connectivity index (χ2n) is 3.62. The van der Waals surface area contributed by atoms with Gasteiger partial charge >= 0.3 is 0 Å². The highest BCUT2D eigenvalue weighted by Gasteiger charge is 2.26. The SMILES string of the molecule is COc1ccc(F)cc1S(=O)(=O)N(C)CC(=O)NN. The zero-order valence-electron chi connectivity index (χ0n) is 10.4. The summed E-state index contributed by atoms with van der Waals surface area (Å²) in [5.74, 6) is 3.45. The van der Waals surface area contributed by atoms with Gasteiger partial charge in [-0.3, -0.25) is 10.2 Å². The molecule has 1 aromatic carbocycles. The molecule has 0 aliphatic rings. The molecule has 0 aliphatic heterocycles. The number of likely N-dealkylation sites (N-methyl/N-ethyl adjacent to an activating group) is 1. The number of hydrogen-bond donors (Lipinski definition) is 2. The van der Waals surface area contributed by atoms with Crippen LogP contribution in [0.5, 0.6) is 5.75 Å². The molecule has 1 rings (SSSR count). The van der Waals surface area contributed by atoms with Crippen LogP contribution >= 0.6 is 0 Å². The topological polar surface area (TPSA) is 102 Å². The van der Waals surface area contributed by atoms with Crippen LogP contribution in [0.1, 0.15) is 0 Å². The van der Waals surface area contributed by atoms with Crippen molar-refractivity contribution in [3.63, 3.8) is 0 Å². The Balaban J connectivity index is 3.19. The van der Waals surface area contributed by atoms with E-state index < -0.39 is 28.3 Å². The van der Waals surface area contributed by atoms with Gasteiger partial charge in [-0.15, -0.1) is 0 Å². The van der Waals surface area contributed by atoms with Crippen LogP contribution in [0.3, 0.4) is 0 Å².